The van der Waals surface area contributed by atoms with Crippen molar-refractivity contribution in [1.29, 1.82) is 0 Å². The topological polar surface area (TPSA) is 202 Å². The first-order valence-electron chi connectivity index (χ1n) is 22.0. The largest absolute Gasteiger partial charge is 0.460 e. The number of carbonyl (C=O) groups is 5. The van der Waals surface area contributed by atoms with Gasteiger partial charge in [0.05, 0.1) is 25.3 Å². The number of hydrogen-bond acceptors (Lipinski definition) is 13. The summed E-state index contributed by atoms with van der Waals surface area (Å²) in [6.45, 7) is 10.4. The minimum absolute atomic E-state index is 0.00781. The van der Waals surface area contributed by atoms with E-state index >= 15 is 4.79 Å². The molecule has 3 amide bonds. The van der Waals surface area contributed by atoms with E-state index in [4.69, 9.17) is 23.8 Å². The quantitative estimate of drug-likeness (QED) is 0.0793. The number of aliphatic hydroxyl groups excluding tert-OH is 2. The third-order valence-electron chi connectivity index (χ3n) is 11.9. The second-order valence-electron chi connectivity index (χ2n) is 18.2. The smallest absolute Gasteiger partial charge is 0.327 e. The molecule has 1 saturated carbocycles. The van der Waals surface area contributed by atoms with Crippen LogP contribution in [0, 0.1) is 5.41 Å². The molecule has 9 atom stereocenters. The molecule has 16 heteroatoms. The van der Waals surface area contributed by atoms with Gasteiger partial charge in [-0.3, -0.25) is 28.8 Å². The van der Waals surface area contributed by atoms with Gasteiger partial charge in [0.1, 0.15) is 41.5 Å². The Labute approximate surface area is 359 Å². The minimum Gasteiger partial charge on any atom is -0.460 e. The highest BCUT2D eigenvalue weighted by molar-refractivity contribution is 5.96. The molecular formula is C45H68N4O12. The number of aliphatic hydroxyl groups is 2. The number of ether oxygens (including phenoxy) is 4. The lowest BCUT2D eigenvalue weighted by atomic mass is 9.62. The van der Waals surface area contributed by atoms with Crippen LogP contribution in [-0.4, -0.2) is 131 Å². The van der Waals surface area contributed by atoms with E-state index in [1.54, 1.807) is 40.9 Å². The molecule has 5 rings (SSSR count). The normalized spacial score (nSPS) is 26.9. The monoisotopic (exact) mass is 856 g/mol. The van der Waals surface area contributed by atoms with Crippen LogP contribution >= 0.6 is 0 Å². The molecule has 3 heterocycles. The van der Waals surface area contributed by atoms with Gasteiger partial charge in [0.25, 0.3) is 0 Å². The molecule has 16 nitrogen and oxygen atoms in total. The van der Waals surface area contributed by atoms with Gasteiger partial charge < -0.3 is 44.7 Å². The number of unbranched alkanes of at least 4 members (excludes halogenated alkanes) is 4. The maximum absolute atomic E-state index is 15.1. The third-order valence-corrected chi connectivity index (χ3v) is 11.9. The average Bonchev–Trinajstić information content (AvgIpc) is 3.75. The van der Waals surface area contributed by atoms with E-state index in [0.717, 1.165) is 49.7 Å². The number of benzene rings is 1. The van der Waals surface area contributed by atoms with E-state index in [9.17, 15) is 29.4 Å². The first-order valence-corrected chi connectivity index (χ1v) is 22.0. The first kappa shape index (κ1) is 48.1. The van der Waals surface area contributed by atoms with Gasteiger partial charge in [0.2, 0.25) is 17.7 Å². The van der Waals surface area contributed by atoms with Crippen LogP contribution in [0.5, 0.6) is 0 Å². The molecule has 340 valence electrons. The Morgan fingerprint density at radius 3 is 2.21 bits per heavy atom. The lowest BCUT2D eigenvalue weighted by Crippen LogP contribution is -2.71. The maximum Gasteiger partial charge on any atom is 0.327 e. The molecule has 2 bridgehead atoms. The summed E-state index contributed by atoms with van der Waals surface area (Å²) >= 11 is 0. The number of carbonyl (C=O) groups excluding carboxylic acids is 5. The van der Waals surface area contributed by atoms with Crippen molar-refractivity contribution >= 4 is 35.7 Å². The van der Waals surface area contributed by atoms with Crippen molar-refractivity contribution in [3.05, 3.63) is 41.5 Å². The highest BCUT2D eigenvalue weighted by atomic mass is 16.8. The molecule has 0 spiro atoms. The number of nitrogens with one attached hydrogen (secondary N) is 2. The van der Waals surface area contributed by atoms with E-state index in [2.05, 4.69) is 24.5 Å². The summed E-state index contributed by atoms with van der Waals surface area (Å²) in [7, 11) is 3.34. The summed E-state index contributed by atoms with van der Waals surface area (Å²) in [5.41, 5.74) is -0.820. The summed E-state index contributed by atoms with van der Waals surface area (Å²) < 4.78 is 25.3. The molecule has 0 aromatic heterocycles. The van der Waals surface area contributed by atoms with Crippen LogP contribution < -0.4 is 10.6 Å². The summed E-state index contributed by atoms with van der Waals surface area (Å²) in [6.07, 6.45) is 5.16. The molecule has 3 saturated heterocycles. The maximum atomic E-state index is 15.1. The van der Waals surface area contributed by atoms with E-state index in [1.807, 2.05) is 24.3 Å². The Hall–Kier alpha value is -3.93. The molecule has 1 aromatic rings. The van der Waals surface area contributed by atoms with Gasteiger partial charge in [-0.1, -0.05) is 63.8 Å². The number of likely N-dealkylation sites (N-methyl/N-ethyl adjacent to an activating group) is 1. The SMILES string of the molecule is CCCCCC1(CCCCC)OC2C3CC4(C(=O)NC(C(=O)NC(CO)CCC(=O)OC(C)(C)C)C(C)O)C(ON(Cc5ccc(C=CC(=O)N(C)C)cc5)C4C(=O)O3)C2O1. The summed E-state index contributed by atoms with van der Waals surface area (Å²) in [6, 6.07) is 3.69. The fourth-order valence-electron chi connectivity index (χ4n) is 8.79. The van der Waals surface area contributed by atoms with Crippen LogP contribution in [-0.2, 0) is 54.3 Å². The van der Waals surface area contributed by atoms with Crippen molar-refractivity contribution in [2.75, 3.05) is 20.7 Å². The number of hydroxylamine groups is 2. The van der Waals surface area contributed by atoms with Crippen molar-refractivity contribution < 1.29 is 58.0 Å². The van der Waals surface area contributed by atoms with Gasteiger partial charge in [-0.25, -0.2) is 0 Å². The van der Waals surface area contributed by atoms with E-state index < -0.39 is 95.8 Å². The van der Waals surface area contributed by atoms with Crippen LogP contribution in [0.4, 0.5) is 0 Å². The van der Waals surface area contributed by atoms with E-state index in [0.29, 0.717) is 12.8 Å². The van der Waals surface area contributed by atoms with Crippen LogP contribution in [0.1, 0.15) is 123 Å². The molecule has 4 aliphatic rings. The summed E-state index contributed by atoms with van der Waals surface area (Å²) in [5.74, 6) is -3.82. The average molecular weight is 857 g/mol. The molecule has 3 aliphatic heterocycles. The fraction of sp³-hybridized carbons (Fsp3) is 0.711. The zero-order valence-electron chi connectivity index (χ0n) is 37.1. The highest BCUT2D eigenvalue weighted by Crippen LogP contribution is 2.58. The Bertz CT molecular complexity index is 1720. The minimum atomic E-state index is -1.64. The summed E-state index contributed by atoms with van der Waals surface area (Å²) in [5, 5.41) is 28.0. The van der Waals surface area contributed by atoms with Crippen LogP contribution in [0.3, 0.4) is 0 Å². The molecular weight excluding hydrogens is 789 g/mol. The molecule has 4 fully saturated rings. The number of amides is 3. The first-order chi connectivity index (χ1) is 28.9. The second-order valence-corrected chi connectivity index (χ2v) is 18.2. The number of hydrogen-bond donors (Lipinski definition) is 4. The Kier molecular flexibility index (Phi) is 16.2. The zero-order valence-corrected chi connectivity index (χ0v) is 37.1. The van der Waals surface area contributed by atoms with Crippen LogP contribution in [0.15, 0.2) is 30.3 Å². The zero-order chi connectivity index (χ0) is 44.7. The van der Waals surface area contributed by atoms with Gasteiger partial charge >= 0.3 is 11.9 Å². The molecule has 61 heavy (non-hydrogen) atoms. The lowest BCUT2D eigenvalue weighted by Gasteiger charge is -2.49. The van der Waals surface area contributed by atoms with Crippen molar-refractivity contribution in [1.82, 2.24) is 20.6 Å². The predicted octanol–water partition coefficient (Wildman–Crippen LogP) is 3.69. The Morgan fingerprint density at radius 1 is 1.00 bits per heavy atom. The van der Waals surface area contributed by atoms with Gasteiger partial charge in [-0.15, -0.1) is 0 Å². The van der Waals surface area contributed by atoms with Crippen molar-refractivity contribution in [2.45, 2.75) is 179 Å². The van der Waals surface area contributed by atoms with Crippen molar-refractivity contribution in [3.63, 3.8) is 0 Å². The van der Waals surface area contributed by atoms with Crippen LogP contribution in [0.25, 0.3) is 6.08 Å². The molecule has 0 radical (unpaired) electrons. The number of esters is 2. The van der Waals surface area contributed by atoms with Gasteiger partial charge in [-0.05, 0) is 64.2 Å². The molecule has 4 N–H and O–H groups in total. The Balaban J connectivity index is 1.45. The summed E-state index contributed by atoms with van der Waals surface area (Å²) in [4.78, 5) is 75.9. The van der Waals surface area contributed by atoms with Gasteiger partial charge in [0.15, 0.2) is 11.8 Å². The van der Waals surface area contributed by atoms with Crippen LogP contribution in [0.2, 0.25) is 0 Å². The lowest BCUT2D eigenvalue weighted by molar-refractivity contribution is -0.224. The third kappa shape index (κ3) is 11.4. The number of nitrogens with zero attached hydrogens (tertiary/aromatic N) is 2. The molecule has 1 aliphatic carbocycles. The van der Waals surface area contributed by atoms with Gasteiger partial charge in [0, 0.05) is 45.9 Å². The highest BCUT2D eigenvalue weighted by Gasteiger charge is 2.76. The van der Waals surface area contributed by atoms with Gasteiger partial charge in [-0.2, -0.15) is 5.06 Å². The Morgan fingerprint density at radius 2 is 1.64 bits per heavy atom. The van der Waals surface area contributed by atoms with Crippen molar-refractivity contribution in [3.8, 4) is 0 Å². The fourth-order valence-corrected chi connectivity index (χ4v) is 8.79. The van der Waals surface area contributed by atoms with E-state index in [1.165, 1.54) is 23.0 Å². The number of fused-ring (bicyclic) bond motifs is 4. The second kappa shape index (κ2) is 20.5. The van der Waals surface area contributed by atoms with E-state index in [-0.39, 0.29) is 31.7 Å². The standard InChI is InChI=1S/C45H68N4O12/c1-9-11-13-23-44(24-14-12-10-2)59-36-32-25-45(42(56)47-35(28(3)51)40(54)46-31(27-50)20-22-34(53)58-43(4,5)6)38(41(55)57-32)49(61-39(45)37(36)60-44)26-30-17-15-29(16-18-30)19-21-33(52)48(7)8/h15-19,21,28,31-32,35-39,50-51H,9-14,20,22-27H2,1-8H3,(H,46,54)(H,47,56). The molecule has 9 unspecified atom stereocenters. The molecule has 1 aromatic carbocycles. The number of rotatable bonds is 21. The predicted molar refractivity (Wildman–Crippen MR) is 224 cm³/mol. The van der Waals surface area contributed by atoms with Crippen molar-refractivity contribution in [2.24, 2.45) is 5.41 Å².